The van der Waals surface area contributed by atoms with Gasteiger partial charge in [0, 0.05) is 17.7 Å². The summed E-state index contributed by atoms with van der Waals surface area (Å²) < 4.78 is 45.2. The van der Waals surface area contributed by atoms with Crippen molar-refractivity contribution in [3.05, 3.63) is 89.0 Å². The molecule has 1 amide bonds. The van der Waals surface area contributed by atoms with Crippen molar-refractivity contribution in [3.63, 3.8) is 0 Å². The van der Waals surface area contributed by atoms with E-state index in [0.717, 1.165) is 30.5 Å². The summed E-state index contributed by atoms with van der Waals surface area (Å²) in [7, 11) is 0. The van der Waals surface area contributed by atoms with Crippen LogP contribution in [0.25, 0.3) is 11.1 Å². The van der Waals surface area contributed by atoms with E-state index in [1.54, 1.807) is 30.3 Å². The first-order chi connectivity index (χ1) is 20.2. The second kappa shape index (κ2) is 14.7. The fourth-order valence-corrected chi connectivity index (χ4v) is 4.02. The standard InChI is InChI=1S/C33H37F3N2O5/c1-22(5-6-23-7-9-25(10-8-23)31(41)37-18-17-30(39)40)21-42-28-15-16-29(26(19-28)20-38-43-32(2,3)4)24-11-13-27(14-12-24)33(34,35)36/h7-16,19-20,22H,5-6,17-18,21H2,1-4H3,(H,37,41)(H,39,40). The molecule has 0 radical (unpaired) electrons. The van der Waals surface area contributed by atoms with Crippen LogP contribution in [0.4, 0.5) is 13.2 Å². The lowest BCUT2D eigenvalue weighted by Gasteiger charge is -2.16. The van der Waals surface area contributed by atoms with E-state index in [1.807, 2.05) is 32.9 Å². The van der Waals surface area contributed by atoms with Gasteiger partial charge in [0.25, 0.3) is 5.91 Å². The van der Waals surface area contributed by atoms with Gasteiger partial charge in [-0.2, -0.15) is 13.2 Å². The number of alkyl halides is 3. The first-order valence-corrected chi connectivity index (χ1v) is 14.0. The van der Waals surface area contributed by atoms with Gasteiger partial charge < -0.3 is 20.0 Å². The number of aryl methyl sites for hydroxylation is 1. The number of amides is 1. The summed E-state index contributed by atoms with van der Waals surface area (Å²) in [5.74, 6) is -0.481. The molecule has 0 aliphatic heterocycles. The molecular weight excluding hydrogens is 561 g/mol. The Morgan fingerprint density at radius 3 is 2.28 bits per heavy atom. The maximum atomic E-state index is 13.1. The number of aliphatic carboxylic acids is 1. The van der Waals surface area contributed by atoms with Gasteiger partial charge in [0.15, 0.2) is 0 Å². The van der Waals surface area contributed by atoms with Crippen molar-refractivity contribution in [1.29, 1.82) is 0 Å². The van der Waals surface area contributed by atoms with Gasteiger partial charge in [-0.1, -0.05) is 42.4 Å². The number of halogens is 3. The van der Waals surface area contributed by atoms with Crippen LogP contribution in [-0.2, 0) is 22.2 Å². The summed E-state index contributed by atoms with van der Waals surface area (Å²) in [5.41, 5.74) is 2.24. The van der Waals surface area contributed by atoms with Gasteiger partial charge in [0.2, 0.25) is 0 Å². The molecule has 43 heavy (non-hydrogen) atoms. The Morgan fingerprint density at radius 2 is 1.67 bits per heavy atom. The van der Waals surface area contributed by atoms with E-state index in [9.17, 15) is 22.8 Å². The van der Waals surface area contributed by atoms with Gasteiger partial charge >= 0.3 is 12.1 Å². The molecule has 0 spiro atoms. The van der Waals surface area contributed by atoms with Crippen molar-refractivity contribution in [1.82, 2.24) is 5.32 Å². The minimum atomic E-state index is -4.41. The predicted octanol–water partition coefficient (Wildman–Crippen LogP) is 7.37. The van der Waals surface area contributed by atoms with Gasteiger partial charge in [-0.05, 0) is 92.6 Å². The normalized spacial score (nSPS) is 12.6. The average Bonchev–Trinajstić information content (AvgIpc) is 2.94. The van der Waals surface area contributed by atoms with Crippen molar-refractivity contribution in [2.45, 2.75) is 58.7 Å². The Hall–Kier alpha value is -4.34. The zero-order chi connectivity index (χ0) is 31.6. The maximum Gasteiger partial charge on any atom is 0.416 e. The highest BCUT2D eigenvalue weighted by molar-refractivity contribution is 5.94. The summed E-state index contributed by atoms with van der Waals surface area (Å²) in [5, 5.41) is 15.4. The predicted molar refractivity (Wildman–Crippen MR) is 159 cm³/mol. The van der Waals surface area contributed by atoms with E-state index in [2.05, 4.69) is 17.4 Å². The van der Waals surface area contributed by atoms with Gasteiger partial charge in [-0.25, -0.2) is 0 Å². The second-order valence-electron chi connectivity index (χ2n) is 11.3. The average molecular weight is 599 g/mol. The lowest BCUT2D eigenvalue weighted by molar-refractivity contribution is -0.138. The van der Waals surface area contributed by atoms with Crippen LogP contribution in [0.2, 0.25) is 0 Å². The van der Waals surface area contributed by atoms with E-state index in [-0.39, 0.29) is 24.8 Å². The highest BCUT2D eigenvalue weighted by Gasteiger charge is 2.30. The third kappa shape index (κ3) is 11.1. The van der Waals surface area contributed by atoms with Crippen LogP contribution in [0.5, 0.6) is 5.75 Å². The third-order valence-corrected chi connectivity index (χ3v) is 6.37. The molecule has 0 fully saturated rings. The molecule has 7 nitrogen and oxygen atoms in total. The van der Waals surface area contributed by atoms with E-state index < -0.39 is 23.3 Å². The number of oxime groups is 1. The van der Waals surface area contributed by atoms with Crippen LogP contribution >= 0.6 is 0 Å². The van der Waals surface area contributed by atoms with Crippen LogP contribution in [-0.4, -0.2) is 42.0 Å². The maximum absolute atomic E-state index is 13.1. The zero-order valence-electron chi connectivity index (χ0n) is 24.7. The molecule has 3 rings (SSSR count). The van der Waals surface area contributed by atoms with Crippen LogP contribution in [0.1, 0.15) is 67.6 Å². The zero-order valence-corrected chi connectivity index (χ0v) is 24.7. The molecule has 0 aliphatic rings. The number of carboxylic acid groups (broad SMARTS) is 1. The van der Waals surface area contributed by atoms with E-state index >= 15 is 0 Å². The Morgan fingerprint density at radius 1 is 1.00 bits per heavy atom. The number of carbonyl (C=O) groups excluding carboxylic acids is 1. The van der Waals surface area contributed by atoms with Crippen LogP contribution < -0.4 is 10.1 Å². The molecule has 1 atom stereocenters. The number of nitrogens with zero attached hydrogens (tertiary/aromatic N) is 1. The molecule has 230 valence electrons. The highest BCUT2D eigenvalue weighted by Crippen LogP contribution is 2.32. The number of ether oxygens (including phenoxy) is 1. The first kappa shape index (κ1) is 33.2. The summed E-state index contributed by atoms with van der Waals surface area (Å²) >= 11 is 0. The molecule has 0 heterocycles. The Bertz CT molecular complexity index is 1400. The second-order valence-corrected chi connectivity index (χ2v) is 11.3. The van der Waals surface area contributed by atoms with Gasteiger partial charge in [0.1, 0.15) is 11.4 Å². The number of nitrogens with one attached hydrogen (secondary N) is 1. The van der Waals surface area contributed by atoms with Crippen LogP contribution in [0, 0.1) is 5.92 Å². The summed E-state index contributed by atoms with van der Waals surface area (Å²) in [6.07, 6.45) is -1.40. The van der Waals surface area contributed by atoms with E-state index in [1.165, 1.54) is 18.3 Å². The van der Waals surface area contributed by atoms with Crippen LogP contribution in [0.15, 0.2) is 71.9 Å². The molecule has 3 aromatic carbocycles. The van der Waals surface area contributed by atoms with Gasteiger partial charge in [0.05, 0.1) is 24.8 Å². The molecule has 0 aromatic heterocycles. The SMILES string of the molecule is CC(CCc1ccc(C(=O)NCCC(=O)O)cc1)COc1ccc(-c2ccc(C(F)(F)F)cc2)c(C=NOC(C)(C)C)c1. The lowest BCUT2D eigenvalue weighted by atomic mass is 9.98. The molecular formula is C33H37F3N2O5. The number of carboxylic acids is 1. The highest BCUT2D eigenvalue weighted by atomic mass is 19.4. The smallest absolute Gasteiger partial charge is 0.416 e. The van der Waals surface area contributed by atoms with Gasteiger partial charge in [-0.15, -0.1) is 0 Å². The quantitative estimate of drug-likeness (QED) is 0.158. The number of benzene rings is 3. The molecule has 0 bridgehead atoms. The monoisotopic (exact) mass is 598 g/mol. The third-order valence-electron chi connectivity index (χ3n) is 6.37. The van der Waals surface area contributed by atoms with Crippen LogP contribution in [0.3, 0.4) is 0 Å². The lowest BCUT2D eigenvalue weighted by Crippen LogP contribution is -2.25. The van der Waals surface area contributed by atoms with Crippen molar-refractivity contribution >= 4 is 18.1 Å². The minimum absolute atomic E-state index is 0.0736. The fraction of sp³-hybridized carbons (Fsp3) is 0.364. The van der Waals surface area contributed by atoms with Crippen molar-refractivity contribution in [3.8, 4) is 16.9 Å². The molecule has 0 saturated heterocycles. The van der Waals surface area contributed by atoms with E-state index in [0.29, 0.717) is 34.6 Å². The molecule has 3 aromatic rings. The minimum Gasteiger partial charge on any atom is -0.493 e. The summed E-state index contributed by atoms with van der Waals surface area (Å²) in [6, 6.07) is 17.5. The van der Waals surface area contributed by atoms with Crippen molar-refractivity contribution in [2.75, 3.05) is 13.2 Å². The number of hydrogen-bond acceptors (Lipinski definition) is 5. The van der Waals surface area contributed by atoms with Gasteiger partial charge in [-0.3, -0.25) is 9.59 Å². The summed E-state index contributed by atoms with van der Waals surface area (Å²) in [6.45, 7) is 8.16. The topological polar surface area (TPSA) is 97.2 Å². The Labute approximate surface area is 249 Å². The Kier molecular flexibility index (Phi) is 11.3. The van der Waals surface area contributed by atoms with E-state index in [4.69, 9.17) is 14.7 Å². The summed E-state index contributed by atoms with van der Waals surface area (Å²) in [4.78, 5) is 28.2. The number of carbonyl (C=O) groups is 2. The molecule has 0 aliphatic carbocycles. The van der Waals surface area contributed by atoms with Crippen molar-refractivity contribution < 1.29 is 37.4 Å². The molecule has 1 unspecified atom stereocenters. The molecule has 2 N–H and O–H groups in total. The number of rotatable bonds is 13. The molecule has 0 saturated carbocycles. The Balaban J connectivity index is 1.62. The largest absolute Gasteiger partial charge is 0.493 e. The first-order valence-electron chi connectivity index (χ1n) is 14.0. The number of hydrogen-bond donors (Lipinski definition) is 2. The fourth-order valence-electron chi connectivity index (χ4n) is 4.02. The van der Waals surface area contributed by atoms with Crippen molar-refractivity contribution in [2.24, 2.45) is 11.1 Å². The molecule has 10 heteroatoms.